The molecule has 45 heavy (non-hydrogen) atoms. The molecule has 3 atom stereocenters. The Labute approximate surface area is 266 Å². The summed E-state index contributed by atoms with van der Waals surface area (Å²) in [7, 11) is -8.04. The number of anilines is 1. The summed E-state index contributed by atoms with van der Waals surface area (Å²) < 4.78 is 58.7. The smallest absolute Gasteiger partial charge is 0.327 e. The number of para-hydroxylation sites is 1. The van der Waals surface area contributed by atoms with Crippen LogP contribution in [0, 0.1) is 13.8 Å². The van der Waals surface area contributed by atoms with Crippen LogP contribution in [0.1, 0.15) is 24.0 Å². The number of aliphatic carboxylic acids is 1. The maximum atomic E-state index is 12.0. The number of carboxylic acid groups (broad SMARTS) is 1. The average molecular weight is 678 g/mol. The standard InChI is InChI=1S/C16H19N3O3S.2C7H8O3S/c17-11-13(20)19-12(15(21)22)16(23-14(11)19)6-8-18(9-7-16)10-4-2-1-3-5-10;2*1-6-2-4-7(5-3-6)11(8,9)10/h1-5,11-12,14H,6-9,17H2,(H,21,22);2*2-5H,1H3,(H,8,9,10)/t11?,12?,14-;;/m0../s1. The Hall–Kier alpha value is -3.47. The van der Waals surface area contributed by atoms with Gasteiger partial charge in [0.05, 0.1) is 14.5 Å². The minimum Gasteiger partial charge on any atom is -0.480 e. The van der Waals surface area contributed by atoms with Crippen molar-refractivity contribution in [2.24, 2.45) is 5.73 Å². The molecule has 1 amide bonds. The monoisotopic (exact) mass is 677 g/mol. The molecule has 3 saturated heterocycles. The SMILES string of the molecule is Cc1ccc(S(=O)(=O)O)cc1.Cc1ccc(S(=O)(=O)O)cc1.NC1C(=O)N2C(C(=O)O)C3(CCN(c4ccccc4)CC3)S[C@@H]12. The molecule has 0 aliphatic carbocycles. The summed E-state index contributed by atoms with van der Waals surface area (Å²) in [5.41, 5.74) is 8.93. The van der Waals surface area contributed by atoms with Crippen LogP contribution in [0.15, 0.2) is 88.7 Å². The van der Waals surface area contributed by atoms with Crippen LogP contribution in [0.4, 0.5) is 5.69 Å². The Balaban J connectivity index is 0.000000176. The number of nitrogens with two attached hydrogens (primary N) is 1. The van der Waals surface area contributed by atoms with Gasteiger partial charge in [-0.2, -0.15) is 16.8 Å². The van der Waals surface area contributed by atoms with Gasteiger partial charge in [0.1, 0.15) is 17.5 Å². The van der Waals surface area contributed by atoms with Crippen LogP contribution in [0.25, 0.3) is 0 Å². The van der Waals surface area contributed by atoms with Crippen molar-refractivity contribution in [1.82, 2.24) is 4.90 Å². The summed E-state index contributed by atoms with van der Waals surface area (Å²) in [6.45, 7) is 5.27. The van der Waals surface area contributed by atoms with Crippen molar-refractivity contribution in [3.63, 3.8) is 0 Å². The second kappa shape index (κ2) is 13.5. The third kappa shape index (κ3) is 7.85. The number of fused-ring (bicyclic) bond motifs is 1. The zero-order valence-corrected chi connectivity index (χ0v) is 27.0. The van der Waals surface area contributed by atoms with Gasteiger partial charge in [-0.05, 0) is 63.1 Å². The average Bonchev–Trinajstić information content (AvgIpc) is 3.29. The Morgan fingerprint density at radius 3 is 1.67 bits per heavy atom. The van der Waals surface area contributed by atoms with Crippen molar-refractivity contribution in [3.05, 3.63) is 90.0 Å². The summed E-state index contributed by atoms with van der Waals surface area (Å²) >= 11 is 1.60. The first-order chi connectivity index (χ1) is 21.0. The zero-order chi connectivity index (χ0) is 33.2. The third-order valence-electron chi connectivity index (χ3n) is 7.86. The van der Waals surface area contributed by atoms with Gasteiger partial charge in [-0.25, -0.2) is 4.79 Å². The second-order valence-corrected chi connectivity index (χ2v) is 15.4. The van der Waals surface area contributed by atoms with E-state index in [1.165, 1.54) is 29.2 Å². The number of β-lactam (4-membered cyclic amide) rings is 1. The van der Waals surface area contributed by atoms with Crippen molar-refractivity contribution < 1.29 is 40.6 Å². The minimum atomic E-state index is -4.02. The molecule has 6 rings (SSSR count). The maximum absolute atomic E-state index is 12.0. The number of benzene rings is 3. The van der Waals surface area contributed by atoms with E-state index in [1.807, 2.05) is 32.0 Å². The van der Waals surface area contributed by atoms with E-state index in [9.17, 15) is 31.5 Å². The molecule has 12 nitrogen and oxygen atoms in total. The van der Waals surface area contributed by atoms with Gasteiger partial charge in [0, 0.05) is 18.8 Å². The van der Waals surface area contributed by atoms with E-state index in [0.29, 0.717) is 0 Å². The van der Waals surface area contributed by atoms with Gasteiger partial charge in [-0.1, -0.05) is 53.6 Å². The molecule has 3 aliphatic heterocycles. The van der Waals surface area contributed by atoms with Crippen molar-refractivity contribution in [2.45, 2.75) is 58.7 Å². The molecule has 0 aromatic heterocycles. The van der Waals surface area contributed by atoms with Crippen LogP contribution >= 0.6 is 11.8 Å². The fourth-order valence-corrected chi connectivity index (χ4v) is 8.22. The molecular formula is C30H35N3O9S3. The first-order valence-electron chi connectivity index (χ1n) is 13.9. The maximum Gasteiger partial charge on any atom is 0.327 e. The largest absolute Gasteiger partial charge is 0.480 e. The molecule has 3 aromatic rings. The molecule has 3 aromatic carbocycles. The molecule has 3 aliphatic rings. The Kier molecular flexibility index (Phi) is 10.3. The molecule has 1 spiro atoms. The van der Waals surface area contributed by atoms with E-state index >= 15 is 0 Å². The molecule has 3 heterocycles. The minimum absolute atomic E-state index is 0.0666. The number of hydrogen-bond donors (Lipinski definition) is 4. The lowest BCUT2D eigenvalue weighted by Crippen LogP contribution is -2.69. The Morgan fingerprint density at radius 2 is 1.27 bits per heavy atom. The topological polar surface area (TPSA) is 196 Å². The van der Waals surface area contributed by atoms with Crippen LogP contribution in [-0.2, 0) is 29.8 Å². The number of nitrogens with zero attached hydrogens (tertiary/aromatic N) is 2. The number of hydrogen-bond acceptors (Lipinski definition) is 9. The molecule has 242 valence electrons. The van der Waals surface area contributed by atoms with Gasteiger partial charge >= 0.3 is 5.97 Å². The predicted octanol–water partition coefficient (Wildman–Crippen LogP) is 3.20. The summed E-state index contributed by atoms with van der Waals surface area (Å²) in [5.74, 6) is -1.13. The molecular weight excluding hydrogens is 643 g/mol. The number of aryl methyl sites for hydroxylation is 2. The zero-order valence-electron chi connectivity index (χ0n) is 24.6. The predicted molar refractivity (Wildman–Crippen MR) is 170 cm³/mol. The van der Waals surface area contributed by atoms with Gasteiger partial charge in [-0.15, -0.1) is 11.8 Å². The third-order valence-corrected chi connectivity index (χ3v) is 11.5. The Morgan fingerprint density at radius 1 is 0.822 bits per heavy atom. The van der Waals surface area contributed by atoms with Crippen molar-refractivity contribution >= 4 is 49.6 Å². The van der Waals surface area contributed by atoms with E-state index in [4.69, 9.17) is 14.8 Å². The summed E-state index contributed by atoms with van der Waals surface area (Å²) in [6, 6.07) is 20.8. The van der Waals surface area contributed by atoms with Gasteiger partial charge in [-0.3, -0.25) is 13.9 Å². The fraction of sp³-hybridized carbons (Fsp3) is 0.333. The number of piperidine rings is 1. The van der Waals surface area contributed by atoms with Crippen LogP contribution in [0.3, 0.4) is 0 Å². The molecule has 0 bridgehead atoms. The highest BCUT2D eigenvalue weighted by Gasteiger charge is 2.66. The fourth-order valence-electron chi connectivity index (χ4n) is 5.41. The Bertz CT molecular complexity index is 1650. The van der Waals surface area contributed by atoms with Crippen molar-refractivity contribution in [2.75, 3.05) is 18.0 Å². The molecule has 3 fully saturated rings. The highest BCUT2D eigenvalue weighted by molar-refractivity contribution is 8.01. The summed E-state index contributed by atoms with van der Waals surface area (Å²) in [5, 5.41) is 9.50. The number of rotatable bonds is 4. The van der Waals surface area contributed by atoms with Gasteiger partial charge in [0.2, 0.25) is 5.91 Å². The molecule has 0 radical (unpaired) electrons. The van der Waals surface area contributed by atoms with Gasteiger partial charge in [0.15, 0.2) is 0 Å². The van der Waals surface area contributed by atoms with E-state index in [0.717, 1.165) is 42.7 Å². The number of carboxylic acids is 1. The van der Waals surface area contributed by atoms with E-state index in [2.05, 4.69) is 17.0 Å². The highest BCUT2D eigenvalue weighted by Crippen LogP contribution is 2.55. The van der Waals surface area contributed by atoms with E-state index < -0.39 is 43.0 Å². The van der Waals surface area contributed by atoms with Gasteiger partial charge < -0.3 is 20.6 Å². The van der Waals surface area contributed by atoms with E-state index in [-0.39, 0.29) is 21.1 Å². The molecule has 15 heteroatoms. The van der Waals surface area contributed by atoms with Crippen LogP contribution in [0.5, 0.6) is 0 Å². The second-order valence-electron chi connectivity index (χ2n) is 11.0. The first-order valence-corrected chi connectivity index (χ1v) is 17.7. The number of thioether (sulfide) groups is 1. The molecule has 2 unspecified atom stereocenters. The quantitative estimate of drug-likeness (QED) is 0.233. The van der Waals surface area contributed by atoms with E-state index in [1.54, 1.807) is 36.0 Å². The molecule has 0 saturated carbocycles. The molecule has 5 N–H and O–H groups in total. The lowest BCUT2D eigenvalue weighted by molar-refractivity contribution is -0.159. The highest BCUT2D eigenvalue weighted by atomic mass is 32.2. The van der Waals surface area contributed by atoms with Crippen LogP contribution < -0.4 is 10.6 Å². The van der Waals surface area contributed by atoms with Crippen molar-refractivity contribution in [3.8, 4) is 0 Å². The number of carbonyl (C=O) groups excluding carboxylic acids is 1. The number of carbonyl (C=O) groups is 2. The van der Waals surface area contributed by atoms with Gasteiger partial charge in [0.25, 0.3) is 20.2 Å². The lowest BCUT2D eigenvalue weighted by atomic mass is 9.85. The van der Waals surface area contributed by atoms with Crippen LogP contribution in [-0.4, -0.2) is 83.1 Å². The normalized spacial score (nSPS) is 21.9. The van der Waals surface area contributed by atoms with Crippen LogP contribution in [0.2, 0.25) is 0 Å². The van der Waals surface area contributed by atoms with Crippen molar-refractivity contribution in [1.29, 1.82) is 0 Å². The lowest BCUT2D eigenvalue weighted by Gasteiger charge is -2.43. The summed E-state index contributed by atoms with van der Waals surface area (Å²) in [6.07, 6.45) is 1.49. The first kappa shape index (κ1) is 34.4. The number of amides is 1. The summed E-state index contributed by atoms with van der Waals surface area (Å²) in [4.78, 5) is 27.4.